The normalized spacial score (nSPS) is 16.9. The molecule has 1 aromatic heterocycles. The highest BCUT2D eigenvalue weighted by atomic mass is 32.1. The predicted octanol–water partition coefficient (Wildman–Crippen LogP) is 4.20. The second-order valence-electron chi connectivity index (χ2n) is 6.87. The highest BCUT2D eigenvalue weighted by molar-refractivity contribution is 7.12. The fourth-order valence-electron chi connectivity index (χ4n) is 3.68. The van der Waals surface area contributed by atoms with Crippen LogP contribution in [0, 0.1) is 5.82 Å². The molecule has 1 N–H and O–H groups in total. The zero-order chi connectivity index (χ0) is 21.0. The zero-order valence-corrected chi connectivity index (χ0v) is 17.4. The number of ketones is 1. The van der Waals surface area contributed by atoms with E-state index >= 15 is 0 Å². The quantitative estimate of drug-likeness (QED) is 0.623. The van der Waals surface area contributed by atoms with E-state index < -0.39 is 29.3 Å². The van der Waals surface area contributed by atoms with E-state index in [1.807, 2.05) is 0 Å². The van der Waals surface area contributed by atoms with Crippen LogP contribution in [0.2, 0.25) is 0 Å². The van der Waals surface area contributed by atoms with Crippen LogP contribution in [0.25, 0.3) is 0 Å². The number of thiophene rings is 1. The van der Waals surface area contributed by atoms with Crippen LogP contribution < -0.4 is 0 Å². The van der Waals surface area contributed by atoms with Crippen LogP contribution in [0.5, 0.6) is 0 Å². The van der Waals surface area contributed by atoms with E-state index in [9.17, 15) is 19.1 Å². The second-order valence-corrected chi connectivity index (χ2v) is 7.82. The number of hydrogen-bond acceptors (Lipinski definition) is 5. The van der Waals surface area contributed by atoms with Crippen molar-refractivity contribution in [3.63, 3.8) is 0 Å². The molecular formula is C22H25FN2O3S. The minimum Gasteiger partial charge on any atom is -0.503 e. The van der Waals surface area contributed by atoms with Gasteiger partial charge in [0.05, 0.1) is 16.5 Å². The minimum absolute atomic E-state index is 0.0506. The number of carbonyl (C=O) groups excluding carboxylic acids is 2. The van der Waals surface area contributed by atoms with Gasteiger partial charge in [-0.05, 0) is 43.6 Å². The van der Waals surface area contributed by atoms with Crippen LogP contribution in [0.4, 0.5) is 4.39 Å². The Bertz CT molecular complexity index is 907. The number of aliphatic hydroxyl groups excluding tert-OH is 1. The molecule has 1 amide bonds. The third-order valence-electron chi connectivity index (χ3n) is 5.26. The number of nitrogens with zero attached hydrogens (tertiary/aromatic N) is 2. The summed E-state index contributed by atoms with van der Waals surface area (Å²) in [6.45, 7) is 7.02. The summed E-state index contributed by atoms with van der Waals surface area (Å²) in [6, 6.07) is 8.52. The van der Waals surface area contributed by atoms with Gasteiger partial charge in [0.2, 0.25) is 5.78 Å². The van der Waals surface area contributed by atoms with Gasteiger partial charge in [-0.25, -0.2) is 4.39 Å². The number of amides is 1. The Morgan fingerprint density at radius 2 is 1.93 bits per heavy atom. The molecule has 7 heteroatoms. The Morgan fingerprint density at radius 1 is 1.21 bits per heavy atom. The van der Waals surface area contributed by atoms with E-state index in [4.69, 9.17) is 0 Å². The summed E-state index contributed by atoms with van der Waals surface area (Å²) in [7, 11) is 0. The molecule has 1 aliphatic rings. The lowest BCUT2D eigenvalue weighted by Crippen LogP contribution is -2.34. The first kappa shape index (κ1) is 21.2. The first-order valence-electron chi connectivity index (χ1n) is 9.78. The number of carbonyl (C=O) groups is 2. The van der Waals surface area contributed by atoms with Crippen LogP contribution in [-0.4, -0.2) is 52.8 Å². The first-order chi connectivity index (χ1) is 14.0. The van der Waals surface area contributed by atoms with Crippen LogP contribution in [0.1, 0.15) is 41.5 Å². The SMILES string of the molecule is CCN(CC)CCCN1C(=O)C(O)=C(C(=O)c2cccs2)[C@H]1c1ccccc1F. The molecule has 29 heavy (non-hydrogen) atoms. The molecule has 1 aliphatic heterocycles. The monoisotopic (exact) mass is 416 g/mol. The van der Waals surface area contributed by atoms with Gasteiger partial charge >= 0.3 is 0 Å². The zero-order valence-electron chi connectivity index (χ0n) is 16.6. The maximum Gasteiger partial charge on any atom is 0.290 e. The van der Waals surface area contributed by atoms with E-state index in [2.05, 4.69) is 18.7 Å². The summed E-state index contributed by atoms with van der Waals surface area (Å²) >= 11 is 1.23. The molecule has 1 aromatic carbocycles. The average Bonchev–Trinajstić information content (AvgIpc) is 3.34. The molecule has 5 nitrogen and oxygen atoms in total. The van der Waals surface area contributed by atoms with Crippen LogP contribution >= 0.6 is 11.3 Å². The van der Waals surface area contributed by atoms with Crippen LogP contribution in [0.15, 0.2) is 53.1 Å². The number of rotatable bonds is 9. The molecule has 1 atom stereocenters. The van der Waals surface area contributed by atoms with E-state index in [-0.39, 0.29) is 11.1 Å². The third-order valence-corrected chi connectivity index (χ3v) is 6.13. The van der Waals surface area contributed by atoms with Gasteiger partial charge in [0.15, 0.2) is 5.76 Å². The molecule has 2 aromatic rings. The van der Waals surface area contributed by atoms with Gasteiger partial charge in [-0.1, -0.05) is 38.1 Å². The van der Waals surface area contributed by atoms with Gasteiger partial charge in [0.1, 0.15) is 5.82 Å². The first-order valence-corrected chi connectivity index (χ1v) is 10.7. The molecule has 0 saturated carbocycles. The molecule has 2 heterocycles. The van der Waals surface area contributed by atoms with Crippen molar-refractivity contribution in [2.24, 2.45) is 0 Å². The van der Waals surface area contributed by atoms with Crippen molar-refractivity contribution in [2.45, 2.75) is 26.3 Å². The Labute approximate surface area is 174 Å². The van der Waals surface area contributed by atoms with Crippen molar-refractivity contribution in [1.29, 1.82) is 0 Å². The highest BCUT2D eigenvalue weighted by Crippen LogP contribution is 2.40. The predicted molar refractivity (Wildman–Crippen MR) is 112 cm³/mol. The van der Waals surface area contributed by atoms with Gasteiger partial charge < -0.3 is 14.9 Å². The van der Waals surface area contributed by atoms with E-state index in [0.29, 0.717) is 17.8 Å². The largest absolute Gasteiger partial charge is 0.503 e. The molecular weight excluding hydrogens is 391 g/mol. The summed E-state index contributed by atoms with van der Waals surface area (Å²) in [5, 5.41) is 12.3. The molecule has 154 valence electrons. The Kier molecular flexibility index (Phi) is 6.82. The maximum absolute atomic E-state index is 14.6. The lowest BCUT2D eigenvalue weighted by molar-refractivity contribution is -0.129. The van der Waals surface area contributed by atoms with Crippen molar-refractivity contribution < 1.29 is 19.1 Å². The number of Topliss-reactive ketones (excluding diaryl/α,β-unsaturated/α-hetero) is 1. The highest BCUT2D eigenvalue weighted by Gasteiger charge is 2.44. The van der Waals surface area contributed by atoms with Crippen molar-refractivity contribution in [2.75, 3.05) is 26.2 Å². The number of benzene rings is 1. The topological polar surface area (TPSA) is 60.9 Å². The average molecular weight is 417 g/mol. The summed E-state index contributed by atoms with van der Waals surface area (Å²) < 4.78 is 14.6. The minimum atomic E-state index is -0.935. The number of halogens is 1. The Balaban J connectivity index is 1.95. The lowest BCUT2D eigenvalue weighted by Gasteiger charge is -2.28. The van der Waals surface area contributed by atoms with Crippen molar-refractivity contribution in [3.8, 4) is 0 Å². The molecule has 0 aliphatic carbocycles. The Morgan fingerprint density at radius 3 is 2.55 bits per heavy atom. The third kappa shape index (κ3) is 4.26. The summed E-state index contributed by atoms with van der Waals surface area (Å²) in [4.78, 5) is 29.9. The van der Waals surface area contributed by atoms with Gasteiger partial charge in [0, 0.05) is 12.1 Å². The van der Waals surface area contributed by atoms with E-state index in [1.54, 1.807) is 35.7 Å². The smallest absolute Gasteiger partial charge is 0.290 e. The molecule has 0 radical (unpaired) electrons. The molecule has 0 unspecified atom stereocenters. The second kappa shape index (κ2) is 9.33. The fraction of sp³-hybridized carbons (Fsp3) is 0.364. The maximum atomic E-state index is 14.6. The summed E-state index contributed by atoms with van der Waals surface area (Å²) in [5.41, 5.74) is 0.165. The van der Waals surface area contributed by atoms with Crippen molar-refractivity contribution in [3.05, 3.63) is 69.4 Å². The molecule has 3 rings (SSSR count). The molecule has 0 bridgehead atoms. The summed E-state index contributed by atoms with van der Waals surface area (Å²) in [5.74, 6) is -2.16. The van der Waals surface area contributed by atoms with Gasteiger partial charge in [-0.3, -0.25) is 9.59 Å². The van der Waals surface area contributed by atoms with Crippen molar-refractivity contribution >= 4 is 23.0 Å². The van der Waals surface area contributed by atoms with Gasteiger partial charge in [0.25, 0.3) is 5.91 Å². The van der Waals surface area contributed by atoms with Gasteiger partial charge in [-0.2, -0.15) is 0 Å². The van der Waals surface area contributed by atoms with Crippen LogP contribution in [0.3, 0.4) is 0 Å². The van der Waals surface area contributed by atoms with Gasteiger partial charge in [-0.15, -0.1) is 11.3 Å². The number of aliphatic hydroxyl groups is 1. The molecule has 0 fully saturated rings. The molecule has 0 saturated heterocycles. The van der Waals surface area contributed by atoms with Crippen LogP contribution in [-0.2, 0) is 4.79 Å². The number of hydrogen-bond donors (Lipinski definition) is 1. The fourth-order valence-corrected chi connectivity index (χ4v) is 4.36. The standard InChI is InChI=1S/C22H25FN2O3S/c1-3-24(4-2)12-8-13-25-19(15-9-5-6-10-16(15)23)18(21(27)22(25)28)20(26)17-11-7-14-29-17/h5-7,9-11,14,19,27H,3-4,8,12-13H2,1-2H3/t19-/m1/s1. The Hall–Kier alpha value is -2.51. The molecule has 0 spiro atoms. The van der Waals surface area contributed by atoms with E-state index in [1.165, 1.54) is 22.3 Å². The summed E-state index contributed by atoms with van der Waals surface area (Å²) in [6.07, 6.45) is 0.659. The van der Waals surface area contributed by atoms with Crippen molar-refractivity contribution in [1.82, 2.24) is 9.80 Å². The van der Waals surface area contributed by atoms with E-state index in [0.717, 1.165) is 19.6 Å². The lowest BCUT2D eigenvalue weighted by atomic mass is 9.95.